The molecule has 6 nitrogen and oxygen atoms in total. The van der Waals surface area contributed by atoms with Gasteiger partial charge in [0.2, 0.25) is 5.91 Å². The van der Waals surface area contributed by atoms with Crippen molar-refractivity contribution >= 4 is 16.9 Å². The van der Waals surface area contributed by atoms with E-state index in [2.05, 4.69) is 45.5 Å². The van der Waals surface area contributed by atoms with Crippen molar-refractivity contribution in [3.8, 4) is 0 Å². The summed E-state index contributed by atoms with van der Waals surface area (Å²) in [7, 11) is 0. The first-order valence-corrected chi connectivity index (χ1v) is 9.84. The Bertz CT molecular complexity index is 892. The molecule has 0 saturated carbocycles. The predicted molar refractivity (Wildman–Crippen MR) is 106 cm³/mol. The minimum absolute atomic E-state index is 0.234. The van der Waals surface area contributed by atoms with E-state index in [-0.39, 0.29) is 5.91 Å². The van der Waals surface area contributed by atoms with Crippen molar-refractivity contribution in [1.29, 1.82) is 0 Å². The maximum atomic E-state index is 12.8. The highest BCUT2D eigenvalue weighted by molar-refractivity contribution is 5.77. The molecule has 1 atom stereocenters. The molecule has 4 heterocycles. The van der Waals surface area contributed by atoms with Gasteiger partial charge < -0.3 is 14.5 Å². The van der Waals surface area contributed by atoms with Crippen LogP contribution in [-0.2, 0) is 11.3 Å². The van der Waals surface area contributed by atoms with Crippen LogP contribution in [0.15, 0.2) is 36.8 Å². The second-order valence-corrected chi connectivity index (χ2v) is 7.73. The lowest BCUT2D eigenvalue weighted by atomic mass is 9.94. The highest BCUT2D eigenvalue weighted by Crippen LogP contribution is 2.28. The molecular weight excluding hydrogens is 338 g/mol. The Hall–Kier alpha value is -2.63. The summed E-state index contributed by atoms with van der Waals surface area (Å²) >= 11 is 0. The zero-order chi connectivity index (χ0) is 18.8. The number of nitrogens with zero attached hydrogens (tertiary/aromatic N) is 4. The number of aromatic amines is 1. The Labute approximate surface area is 159 Å². The molecule has 1 N–H and O–H groups in total. The second-order valence-electron chi connectivity index (χ2n) is 7.73. The SMILES string of the molecule is CC(C)c1nccn1CCC(=O)N1CCC[C@@H](c2cc3cccnc3[nH]2)C1. The first-order valence-electron chi connectivity index (χ1n) is 9.84. The first-order chi connectivity index (χ1) is 13.1. The largest absolute Gasteiger partial charge is 0.343 e. The molecule has 1 aliphatic heterocycles. The van der Waals surface area contributed by atoms with E-state index >= 15 is 0 Å². The van der Waals surface area contributed by atoms with Crippen LogP contribution in [0.5, 0.6) is 0 Å². The highest BCUT2D eigenvalue weighted by Gasteiger charge is 2.26. The van der Waals surface area contributed by atoms with Crippen LogP contribution in [0.4, 0.5) is 0 Å². The van der Waals surface area contributed by atoms with Gasteiger partial charge in [0.05, 0.1) is 0 Å². The molecule has 3 aromatic rings. The van der Waals surface area contributed by atoms with Gasteiger partial charge in [-0.05, 0) is 31.0 Å². The van der Waals surface area contributed by atoms with Gasteiger partial charge in [0.15, 0.2) is 0 Å². The molecule has 1 saturated heterocycles. The average Bonchev–Trinajstić information content (AvgIpc) is 3.33. The summed E-state index contributed by atoms with van der Waals surface area (Å²) in [5, 5.41) is 1.14. The molecule has 1 amide bonds. The van der Waals surface area contributed by atoms with Gasteiger partial charge in [-0.25, -0.2) is 9.97 Å². The molecule has 0 bridgehead atoms. The molecule has 0 aromatic carbocycles. The van der Waals surface area contributed by atoms with Gasteiger partial charge in [-0.3, -0.25) is 4.79 Å². The van der Waals surface area contributed by atoms with Crippen molar-refractivity contribution < 1.29 is 4.79 Å². The van der Waals surface area contributed by atoms with E-state index in [0.717, 1.165) is 42.8 Å². The highest BCUT2D eigenvalue weighted by atomic mass is 16.2. The smallest absolute Gasteiger partial charge is 0.224 e. The van der Waals surface area contributed by atoms with Crippen molar-refractivity contribution in [3.05, 3.63) is 48.3 Å². The van der Waals surface area contributed by atoms with Crippen molar-refractivity contribution in [3.63, 3.8) is 0 Å². The molecule has 0 unspecified atom stereocenters. The minimum Gasteiger partial charge on any atom is -0.343 e. The maximum absolute atomic E-state index is 12.8. The lowest BCUT2D eigenvalue weighted by Crippen LogP contribution is -2.39. The summed E-state index contributed by atoms with van der Waals surface area (Å²) in [5.41, 5.74) is 2.12. The fraction of sp³-hybridized carbons (Fsp3) is 0.476. The number of carbonyl (C=O) groups excluding carboxylic acids is 1. The zero-order valence-electron chi connectivity index (χ0n) is 16.1. The van der Waals surface area contributed by atoms with E-state index in [0.29, 0.717) is 24.8 Å². The van der Waals surface area contributed by atoms with E-state index in [1.165, 1.54) is 5.69 Å². The van der Waals surface area contributed by atoms with E-state index in [4.69, 9.17) is 0 Å². The molecule has 4 rings (SSSR count). The summed E-state index contributed by atoms with van der Waals surface area (Å²) in [4.78, 5) is 27.1. The number of H-pyrrole nitrogens is 1. The average molecular weight is 365 g/mol. The number of rotatable bonds is 5. The Morgan fingerprint density at radius 3 is 3.04 bits per heavy atom. The topological polar surface area (TPSA) is 66.8 Å². The number of carbonyl (C=O) groups is 1. The van der Waals surface area contributed by atoms with Crippen LogP contribution in [0.1, 0.15) is 56.5 Å². The third-order valence-corrected chi connectivity index (χ3v) is 5.46. The second kappa shape index (κ2) is 7.55. The van der Waals surface area contributed by atoms with E-state index < -0.39 is 0 Å². The number of amides is 1. The molecule has 1 fully saturated rings. The molecule has 3 aromatic heterocycles. The van der Waals surface area contributed by atoms with Gasteiger partial charge in [0, 0.05) is 67.6 Å². The van der Waals surface area contributed by atoms with E-state index in [1.807, 2.05) is 23.4 Å². The van der Waals surface area contributed by atoms with Crippen LogP contribution in [0, 0.1) is 0 Å². The molecular formula is C21H27N5O. The van der Waals surface area contributed by atoms with Gasteiger partial charge in [-0.2, -0.15) is 0 Å². The monoisotopic (exact) mass is 365 g/mol. The van der Waals surface area contributed by atoms with Crippen LogP contribution < -0.4 is 0 Å². The summed E-state index contributed by atoms with van der Waals surface area (Å²) in [6.45, 7) is 6.60. The van der Waals surface area contributed by atoms with Crippen LogP contribution >= 0.6 is 0 Å². The van der Waals surface area contributed by atoms with Crippen LogP contribution in [0.3, 0.4) is 0 Å². The summed E-state index contributed by atoms with van der Waals surface area (Å²) in [5.74, 6) is 2.00. The Morgan fingerprint density at radius 1 is 1.33 bits per heavy atom. The molecule has 0 spiro atoms. The van der Waals surface area contributed by atoms with Crippen molar-refractivity contribution in [2.24, 2.45) is 0 Å². The summed E-state index contributed by atoms with van der Waals surface area (Å²) in [6, 6.07) is 6.21. The quantitative estimate of drug-likeness (QED) is 0.750. The zero-order valence-corrected chi connectivity index (χ0v) is 16.1. The number of aryl methyl sites for hydroxylation is 1. The summed E-state index contributed by atoms with van der Waals surface area (Å²) in [6.07, 6.45) is 8.27. The number of pyridine rings is 1. The number of imidazole rings is 1. The number of hydrogen-bond acceptors (Lipinski definition) is 3. The predicted octanol–water partition coefficient (Wildman–Crippen LogP) is 3.68. The fourth-order valence-corrected chi connectivity index (χ4v) is 4.04. The summed E-state index contributed by atoms with van der Waals surface area (Å²) < 4.78 is 2.10. The third kappa shape index (κ3) is 3.75. The van der Waals surface area contributed by atoms with E-state index in [9.17, 15) is 4.79 Å². The van der Waals surface area contributed by atoms with Crippen LogP contribution in [-0.4, -0.2) is 43.4 Å². The van der Waals surface area contributed by atoms with Crippen LogP contribution in [0.2, 0.25) is 0 Å². The number of hydrogen-bond donors (Lipinski definition) is 1. The molecule has 0 radical (unpaired) electrons. The maximum Gasteiger partial charge on any atom is 0.224 e. The van der Waals surface area contributed by atoms with Gasteiger partial charge in [-0.15, -0.1) is 0 Å². The first kappa shape index (κ1) is 17.8. The number of aromatic nitrogens is 4. The molecule has 6 heteroatoms. The Kier molecular flexibility index (Phi) is 4.97. The standard InChI is InChI=1S/C21H27N5O/c1-15(2)21-23-9-12-25(21)11-7-19(27)26-10-4-6-17(14-26)18-13-16-5-3-8-22-20(16)24-18/h3,5,8-9,12-13,15,17H,4,6-7,10-11,14H2,1-2H3,(H,22,24)/t17-/m1/s1. The van der Waals surface area contributed by atoms with Crippen LogP contribution in [0.25, 0.3) is 11.0 Å². The van der Waals surface area contributed by atoms with Gasteiger partial charge in [0.1, 0.15) is 11.5 Å². The third-order valence-electron chi connectivity index (χ3n) is 5.46. The van der Waals surface area contributed by atoms with Gasteiger partial charge in [-0.1, -0.05) is 13.8 Å². The van der Waals surface area contributed by atoms with E-state index in [1.54, 1.807) is 6.20 Å². The number of nitrogens with one attached hydrogen (secondary N) is 1. The fourth-order valence-electron chi connectivity index (χ4n) is 4.04. The van der Waals surface area contributed by atoms with Crippen molar-refractivity contribution in [2.75, 3.05) is 13.1 Å². The molecule has 142 valence electrons. The van der Waals surface area contributed by atoms with Gasteiger partial charge >= 0.3 is 0 Å². The van der Waals surface area contributed by atoms with Crippen molar-refractivity contribution in [1.82, 2.24) is 24.4 Å². The Morgan fingerprint density at radius 2 is 2.22 bits per heavy atom. The van der Waals surface area contributed by atoms with Crippen molar-refractivity contribution in [2.45, 2.75) is 51.5 Å². The minimum atomic E-state index is 0.234. The molecule has 27 heavy (non-hydrogen) atoms. The lowest BCUT2D eigenvalue weighted by Gasteiger charge is -2.32. The Balaban J connectivity index is 1.40. The van der Waals surface area contributed by atoms with Gasteiger partial charge in [0.25, 0.3) is 0 Å². The molecule has 1 aliphatic rings. The normalized spacial score (nSPS) is 17.7. The molecule has 0 aliphatic carbocycles. The number of piperidine rings is 1. The lowest BCUT2D eigenvalue weighted by molar-refractivity contribution is -0.132. The number of fused-ring (bicyclic) bond motifs is 1. The number of likely N-dealkylation sites (tertiary alicyclic amines) is 1.